The third-order valence-electron chi connectivity index (χ3n) is 2.38. The van der Waals surface area contributed by atoms with Crippen LogP contribution in [-0.2, 0) is 0 Å². The van der Waals surface area contributed by atoms with Crippen molar-refractivity contribution in [2.45, 2.75) is 25.7 Å². The van der Waals surface area contributed by atoms with E-state index < -0.39 is 0 Å². The standard InChI is InChI=1S/C7H11.BrH.Mg/c1-2-7-4-3-6(1)5-7;;/h1,6-7H,2-5H2;1H;/q-1;;+2/p-1/t6-,7+;;/m0../s1. The number of fused-ring (bicyclic) bond motifs is 2. The molecule has 2 fully saturated rings. The molecule has 2 atom stereocenters. The van der Waals surface area contributed by atoms with E-state index in [0.29, 0.717) is 0 Å². The van der Waals surface area contributed by atoms with Crippen LogP contribution < -0.4 is 17.0 Å². The van der Waals surface area contributed by atoms with Gasteiger partial charge in [-0.3, -0.25) is 0 Å². The van der Waals surface area contributed by atoms with E-state index >= 15 is 0 Å². The maximum atomic E-state index is 2.51. The maximum absolute atomic E-state index is 2.51. The minimum Gasteiger partial charge on any atom is -1.00 e. The van der Waals surface area contributed by atoms with Crippen LogP contribution in [0.5, 0.6) is 0 Å². The molecule has 0 saturated heterocycles. The Morgan fingerprint density at radius 3 is 2.11 bits per heavy atom. The molecule has 2 rings (SSSR count). The number of rotatable bonds is 0. The number of halogens is 1. The van der Waals surface area contributed by atoms with E-state index in [2.05, 4.69) is 6.42 Å². The van der Waals surface area contributed by atoms with Crippen LogP contribution in [0.1, 0.15) is 25.7 Å². The zero-order valence-corrected chi connectivity index (χ0v) is 8.65. The SMILES string of the molecule is [Br-].[CH-]1C[C@@H]2CC[C@H]1C2.[Mg+2]. The molecule has 2 aliphatic rings. The molecule has 2 heteroatoms. The molecular formula is C7H11BrMg. The topological polar surface area (TPSA) is 0 Å². The van der Waals surface area contributed by atoms with Gasteiger partial charge >= 0.3 is 23.1 Å². The van der Waals surface area contributed by atoms with Gasteiger partial charge in [-0.2, -0.15) is 12.3 Å². The van der Waals surface area contributed by atoms with Crippen LogP contribution >= 0.6 is 0 Å². The molecule has 0 aromatic heterocycles. The molecule has 2 bridgehead atoms. The fourth-order valence-corrected chi connectivity index (χ4v) is 1.93. The van der Waals surface area contributed by atoms with Crippen LogP contribution in [0.2, 0.25) is 0 Å². The summed E-state index contributed by atoms with van der Waals surface area (Å²) in [6, 6.07) is 0. The van der Waals surface area contributed by atoms with Gasteiger partial charge in [-0.15, -0.1) is 0 Å². The minimum absolute atomic E-state index is 0. The van der Waals surface area contributed by atoms with Crippen molar-refractivity contribution < 1.29 is 17.0 Å². The van der Waals surface area contributed by atoms with Gasteiger partial charge in [0.25, 0.3) is 0 Å². The molecule has 0 N–H and O–H groups in total. The van der Waals surface area contributed by atoms with Crippen molar-refractivity contribution in [1.29, 1.82) is 0 Å². The summed E-state index contributed by atoms with van der Waals surface area (Å²) in [4.78, 5) is 0. The summed E-state index contributed by atoms with van der Waals surface area (Å²) in [5.74, 6) is 2.16. The molecule has 2 saturated carbocycles. The molecule has 0 spiro atoms. The molecule has 0 aromatic carbocycles. The molecule has 0 radical (unpaired) electrons. The third-order valence-corrected chi connectivity index (χ3v) is 2.38. The van der Waals surface area contributed by atoms with Crippen LogP contribution in [0.4, 0.5) is 0 Å². The predicted molar refractivity (Wildman–Crippen MR) is 35.5 cm³/mol. The maximum Gasteiger partial charge on any atom is 2.00 e. The second-order valence-electron chi connectivity index (χ2n) is 2.91. The first kappa shape index (κ1) is 10.2. The Bertz CT molecular complexity index is 67.0. The first-order chi connectivity index (χ1) is 3.45. The first-order valence-electron chi connectivity index (χ1n) is 3.28. The summed E-state index contributed by atoms with van der Waals surface area (Å²) in [6.07, 6.45) is 8.50. The van der Waals surface area contributed by atoms with Crippen LogP contribution in [0.25, 0.3) is 0 Å². The van der Waals surface area contributed by atoms with Crippen molar-refractivity contribution in [2.24, 2.45) is 11.8 Å². The van der Waals surface area contributed by atoms with Gasteiger partial charge in [0.15, 0.2) is 0 Å². The van der Waals surface area contributed by atoms with E-state index in [9.17, 15) is 0 Å². The summed E-state index contributed by atoms with van der Waals surface area (Å²) >= 11 is 0. The normalized spacial score (nSPS) is 37.3. The van der Waals surface area contributed by atoms with E-state index in [4.69, 9.17) is 0 Å². The zero-order chi connectivity index (χ0) is 4.69. The zero-order valence-electron chi connectivity index (χ0n) is 5.65. The van der Waals surface area contributed by atoms with Crippen molar-refractivity contribution in [3.05, 3.63) is 6.42 Å². The Hall–Kier alpha value is 1.25. The summed E-state index contributed by atoms with van der Waals surface area (Å²) in [5, 5.41) is 0. The largest absolute Gasteiger partial charge is 2.00 e. The van der Waals surface area contributed by atoms with Gasteiger partial charge < -0.3 is 23.4 Å². The molecule has 0 aromatic rings. The Kier molecular flexibility index (Phi) is 4.77. The molecule has 0 aliphatic heterocycles. The molecule has 0 nitrogen and oxygen atoms in total. The van der Waals surface area contributed by atoms with Crippen LogP contribution in [0.15, 0.2) is 0 Å². The van der Waals surface area contributed by atoms with Crippen molar-refractivity contribution in [2.75, 3.05) is 0 Å². The number of hydrogen-bond donors (Lipinski definition) is 0. The van der Waals surface area contributed by atoms with Crippen molar-refractivity contribution in [3.8, 4) is 0 Å². The quantitative estimate of drug-likeness (QED) is 0.334. The summed E-state index contributed by atoms with van der Waals surface area (Å²) in [5.41, 5.74) is 0. The van der Waals surface area contributed by atoms with Gasteiger partial charge in [-0.05, 0) is 0 Å². The van der Waals surface area contributed by atoms with Crippen molar-refractivity contribution >= 4 is 23.1 Å². The fraction of sp³-hybridized carbons (Fsp3) is 0.857. The Labute approximate surface area is 83.7 Å². The van der Waals surface area contributed by atoms with Crippen molar-refractivity contribution in [1.82, 2.24) is 0 Å². The van der Waals surface area contributed by atoms with E-state index in [1.165, 1.54) is 25.7 Å². The summed E-state index contributed by atoms with van der Waals surface area (Å²) in [7, 11) is 0. The first-order valence-corrected chi connectivity index (χ1v) is 3.28. The predicted octanol–water partition coefficient (Wildman–Crippen LogP) is -1.37. The molecular weight excluding hydrogens is 188 g/mol. The molecule has 48 valence electrons. The second-order valence-corrected chi connectivity index (χ2v) is 2.91. The van der Waals surface area contributed by atoms with Crippen molar-refractivity contribution in [3.63, 3.8) is 0 Å². The minimum atomic E-state index is 0. The summed E-state index contributed by atoms with van der Waals surface area (Å²) < 4.78 is 0. The third kappa shape index (κ3) is 2.09. The Balaban J connectivity index is 0.000000320. The molecule has 0 heterocycles. The van der Waals surface area contributed by atoms with Gasteiger partial charge in [0, 0.05) is 0 Å². The van der Waals surface area contributed by atoms with Gasteiger partial charge in [0.1, 0.15) is 0 Å². The summed E-state index contributed by atoms with van der Waals surface area (Å²) in [6.45, 7) is 0. The second kappa shape index (κ2) is 4.19. The molecule has 0 unspecified atom stereocenters. The smallest absolute Gasteiger partial charge is 1.00 e. The van der Waals surface area contributed by atoms with E-state index in [0.717, 1.165) is 11.8 Å². The molecule has 0 amide bonds. The van der Waals surface area contributed by atoms with Gasteiger partial charge in [-0.25, -0.2) is 0 Å². The molecule has 2 aliphatic carbocycles. The van der Waals surface area contributed by atoms with Crippen LogP contribution in [-0.4, -0.2) is 23.1 Å². The Morgan fingerprint density at radius 1 is 1.22 bits per heavy atom. The van der Waals surface area contributed by atoms with Gasteiger partial charge in [-0.1, -0.05) is 25.2 Å². The average molecular weight is 199 g/mol. The molecule has 9 heavy (non-hydrogen) atoms. The van der Waals surface area contributed by atoms with E-state index in [1.54, 1.807) is 0 Å². The van der Waals surface area contributed by atoms with Gasteiger partial charge in [0.05, 0.1) is 0 Å². The van der Waals surface area contributed by atoms with Crippen LogP contribution in [0, 0.1) is 18.3 Å². The average Bonchev–Trinajstić information content (AvgIpc) is 2.22. The Morgan fingerprint density at radius 2 is 2.00 bits per heavy atom. The van der Waals surface area contributed by atoms with Gasteiger partial charge in [0.2, 0.25) is 0 Å². The monoisotopic (exact) mass is 198 g/mol. The van der Waals surface area contributed by atoms with E-state index in [1.807, 2.05) is 0 Å². The van der Waals surface area contributed by atoms with Crippen LogP contribution in [0.3, 0.4) is 0 Å². The fourth-order valence-electron chi connectivity index (χ4n) is 1.93. The van der Waals surface area contributed by atoms with E-state index in [-0.39, 0.29) is 40.0 Å². The number of hydrogen-bond acceptors (Lipinski definition) is 0.